The molecule has 84 valence electrons. The Balaban J connectivity index is 1.97. The SMILES string of the molecule is C=C(C)c1cnc(CSc2nnc(N)s2)o1. The molecule has 0 fully saturated rings. The van der Waals surface area contributed by atoms with Gasteiger partial charge in [-0.3, -0.25) is 0 Å². The fourth-order valence-corrected chi connectivity index (χ4v) is 2.47. The van der Waals surface area contributed by atoms with Crippen LogP contribution in [-0.4, -0.2) is 15.2 Å². The van der Waals surface area contributed by atoms with Crippen molar-refractivity contribution in [2.75, 3.05) is 5.73 Å². The Morgan fingerprint density at radius 1 is 1.62 bits per heavy atom. The number of nitrogens with zero attached hydrogens (tertiary/aromatic N) is 3. The molecule has 0 aromatic carbocycles. The lowest BCUT2D eigenvalue weighted by Crippen LogP contribution is -1.80. The summed E-state index contributed by atoms with van der Waals surface area (Å²) in [6, 6.07) is 0. The quantitative estimate of drug-likeness (QED) is 0.844. The van der Waals surface area contributed by atoms with Gasteiger partial charge in [0.2, 0.25) is 11.0 Å². The molecule has 0 bridgehead atoms. The molecule has 0 saturated heterocycles. The van der Waals surface area contributed by atoms with Crippen molar-refractivity contribution >= 4 is 33.8 Å². The van der Waals surface area contributed by atoms with E-state index in [9.17, 15) is 0 Å². The average Bonchev–Trinajstić information content (AvgIpc) is 2.83. The van der Waals surface area contributed by atoms with Gasteiger partial charge in [-0.2, -0.15) is 0 Å². The normalized spacial score (nSPS) is 10.6. The van der Waals surface area contributed by atoms with E-state index >= 15 is 0 Å². The van der Waals surface area contributed by atoms with Crippen molar-refractivity contribution in [3.63, 3.8) is 0 Å². The lowest BCUT2D eigenvalue weighted by Gasteiger charge is -1.92. The Kier molecular flexibility index (Phi) is 3.25. The lowest BCUT2D eigenvalue weighted by molar-refractivity contribution is 0.505. The Morgan fingerprint density at radius 2 is 2.44 bits per heavy atom. The highest BCUT2D eigenvalue weighted by atomic mass is 32.2. The molecule has 2 rings (SSSR count). The van der Waals surface area contributed by atoms with Crippen LogP contribution in [0.5, 0.6) is 0 Å². The number of oxazole rings is 1. The van der Waals surface area contributed by atoms with E-state index in [2.05, 4.69) is 21.8 Å². The van der Waals surface area contributed by atoms with E-state index in [1.165, 1.54) is 23.1 Å². The summed E-state index contributed by atoms with van der Waals surface area (Å²) in [5.41, 5.74) is 6.34. The van der Waals surface area contributed by atoms with Crippen LogP contribution in [0, 0.1) is 0 Å². The number of nitrogen functional groups attached to an aromatic ring is 1. The van der Waals surface area contributed by atoms with Gasteiger partial charge in [0.15, 0.2) is 4.34 Å². The number of hydrogen-bond acceptors (Lipinski definition) is 7. The first-order valence-electron chi connectivity index (χ1n) is 4.47. The molecule has 0 amide bonds. The van der Waals surface area contributed by atoms with E-state index in [4.69, 9.17) is 10.2 Å². The summed E-state index contributed by atoms with van der Waals surface area (Å²) >= 11 is 2.85. The Bertz CT molecular complexity index is 505. The summed E-state index contributed by atoms with van der Waals surface area (Å²) in [6.07, 6.45) is 1.67. The van der Waals surface area contributed by atoms with Gasteiger partial charge in [-0.25, -0.2) is 4.98 Å². The maximum atomic E-state index is 5.47. The van der Waals surface area contributed by atoms with E-state index < -0.39 is 0 Å². The first kappa shape index (κ1) is 11.2. The van der Waals surface area contributed by atoms with E-state index in [0.717, 1.165) is 9.91 Å². The minimum atomic E-state index is 0.470. The fourth-order valence-electron chi connectivity index (χ4n) is 0.976. The Morgan fingerprint density at radius 3 is 3.00 bits per heavy atom. The second kappa shape index (κ2) is 4.67. The number of thioether (sulfide) groups is 1. The summed E-state index contributed by atoms with van der Waals surface area (Å²) < 4.78 is 6.28. The highest BCUT2D eigenvalue weighted by molar-refractivity contribution is 8.00. The zero-order valence-electron chi connectivity index (χ0n) is 8.64. The predicted octanol–water partition coefficient (Wildman–Crippen LogP) is 2.43. The van der Waals surface area contributed by atoms with Crippen LogP contribution in [0.2, 0.25) is 0 Å². The number of rotatable bonds is 4. The van der Waals surface area contributed by atoms with Crippen molar-refractivity contribution in [3.05, 3.63) is 24.4 Å². The van der Waals surface area contributed by atoms with Crippen LogP contribution in [0.1, 0.15) is 18.6 Å². The molecular formula is C9H10N4OS2. The smallest absolute Gasteiger partial charge is 0.205 e. The fraction of sp³-hybridized carbons (Fsp3) is 0.222. The number of nitrogens with two attached hydrogens (primary N) is 1. The standard InChI is InChI=1S/C9H10N4OS2/c1-5(2)6-3-11-7(14-6)4-15-9-13-12-8(10)16-9/h3H,1,4H2,2H3,(H2,10,12). The number of anilines is 1. The van der Waals surface area contributed by atoms with Gasteiger partial charge in [0.05, 0.1) is 11.9 Å². The molecule has 5 nitrogen and oxygen atoms in total. The van der Waals surface area contributed by atoms with Crippen LogP contribution in [0.3, 0.4) is 0 Å². The summed E-state index contributed by atoms with van der Waals surface area (Å²) in [5.74, 6) is 1.98. The maximum absolute atomic E-state index is 5.47. The van der Waals surface area contributed by atoms with E-state index in [1.54, 1.807) is 6.20 Å². The van der Waals surface area contributed by atoms with Crippen LogP contribution in [0.4, 0.5) is 5.13 Å². The van der Waals surface area contributed by atoms with Crippen molar-refractivity contribution in [1.29, 1.82) is 0 Å². The molecule has 0 saturated carbocycles. The molecule has 16 heavy (non-hydrogen) atoms. The molecule has 0 aliphatic carbocycles. The van der Waals surface area contributed by atoms with Gasteiger partial charge in [-0.1, -0.05) is 29.7 Å². The molecule has 0 unspecified atom stereocenters. The number of allylic oxidation sites excluding steroid dienone is 1. The summed E-state index contributed by atoms with van der Waals surface area (Å²) in [5, 5.41) is 8.08. The molecule has 7 heteroatoms. The molecule has 0 aliphatic rings. The van der Waals surface area contributed by atoms with Crippen LogP contribution in [0.15, 0.2) is 21.5 Å². The van der Waals surface area contributed by atoms with E-state index in [1.807, 2.05) is 6.92 Å². The van der Waals surface area contributed by atoms with Crippen LogP contribution >= 0.6 is 23.1 Å². The van der Waals surface area contributed by atoms with Crippen molar-refractivity contribution in [1.82, 2.24) is 15.2 Å². The van der Waals surface area contributed by atoms with Crippen molar-refractivity contribution in [2.45, 2.75) is 17.0 Å². The monoisotopic (exact) mass is 254 g/mol. The third-order valence-electron chi connectivity index (χ3n) is 1.72. The van der Waals surface area contributed by atoms with Crippen molar-refractivity contribution in [2.24, 2.45) is 0 Å². The van der Waals surface area contributed by atoms with E-state index in [-0.39, 0.29) is 0 Å². The molecule has 2 aromatic heterocycles. The maximum Gasteiger partial charge on any atom is 0.205 e. The van der Waals surface area contributed by atoms with Gasteiger partial charge < -0.3 is 10.2 Å². The minimum absolute atomic E-state index is 0.470. The predicted molar refractivity (Wildman–Crippen MR) is 65.1 cm³/mol. The van der Waals surface area contributed by atoms with Crippen LogP contribution < -0.4 is 5.73 Å². The highest BCUT2D eigenvalue weighted by Gasteiger charge is 2.07. The summed E-state index contributed by atoms with van der Waals surface area (Å²) in [7, 11) is 0. The van der Waals surface area contributed by atoms with Gasteiger partial charge in [-0.05, 0) is 12.5 Å². The largest absolute Gasteiger partial charge is 0.440 e. The van der Waals surface area contributed by atoms with Crippen LogP contribution in [-0.2, 0) is 5.75 Å². The zero-order valence-corrected chi connectivity index (χ0v) is 10.3. The Hall–Kier alpha value is -1.34. The molecular weight excluding hydrogens is 244 g/mol. The zero-order chi connectivity index (χ0) is 11.5. The molecule has 2 N–H and O–H groups in total. The second-order valence-electron chi connectivity index (χ2n) is 3.09. The van der Waals surface area contributed by atoms with Crippen LogP contribution in [0.25, 0.3) is 5.57 Å². The third-order valence-corrected chi connectivity index (χ3v) is 3.59. The average molecular weight is 254 g/mol. The summed E-state index contributed by atoms with van der Waals surface area (Å²) in [6.45, 7) is 5.66. The first-order chi connectivity index (χ1) is 7.65. The van der Waals surface area contributed by atoms with Gasteiger partial charge in [0.1, 0.15) is 5.76 Å². The number of aromatic nitrogens is 3. The molecule has 0 spiro atoms. The second-order valence-corrected chi connectivity index (χ2v) is 5.33. The Labute approximate surface area is 101 Å². The minimum Gasteiger partial charge on any atom is -0.440 e. The lowest BCUT2D eigenvalue weighted by atomic mass is 10.3. The first-order valence-corrected chi connectivity index (χ1v) is 6.27. The molecule has 0 atom stereocenters. The van der Waals surface area contributed by atoms with Gasteiger partial charge in [0, 0.05) is 0 Å². The van der Waals surface area contributed by atoms with Gasteiger partial charge in [0.25, 0.3) is 0 Å². The van der Waals surface area contributed by atoms with Gasteiger partial charge >= 0.3 is 0 Å². The summed E-state index contributed by atoms with van der Waals surface area (Å²) in [4.78, 5) is 4.14. The van der Waals surface area contributed by atoms with Crippen molar-refractivity contribution in [3.8, 4) is 0 Å². The molecule has 0 aliphatic heterocycles. The highest BCUT2D eigenvalue weighted by Crippen LogP contribution is 2.27. The third kappa shape index (κ3) is 2.61. The van der Waals surface area contributed by atoms with E-state index in [0.29, 0.717) is 22.5 Å². The van der Waals surface area contributed by atoms with Gasteiger partial charge in [-0.15, -0.1) is 10.2 Å². The number of hydrogen-bond donors (Lipinski definition) is 1. The molecule has 0 radical (unpaired) electrons. The molecule has 2 aromatic rings. The molecule has 2 heterocycles. The topological polar surface area (TPSA) is 77.8 Å². The van der Waals surface area contributed by atoms with Crippen molar-refractivity contribution < 1.29 is 4.42 Å².